The summed E-state index contributed by atoms with van der Waals surface area (Å²) in [4.78, 5) is 11.4. The number of methoxy groups -OCH3 is 1. The number of alkyl carbamates (subject to hydrolysis) is 1. The van der Waals surface area contributed by atoms with Crippen LogP contribution in [0.3, 0.4) is 0 Å². The van der Waals surface area contributed by atoms with E-state index >= 15 is 0 Å². The van der Waals surface area contributed by atoms with E-state index in [2.05, 4.69) is 15.2 Å². The maximum absolute atomic E-state index is 11.4. The molecule has 0 aliphatic heterocycles. The predicted octanol–water partition coefficient (Wildman–Crippen LogP) is 2.83. The van der Waals surface area contributed by atoms with E-state index in [-0.39, 0.29) is 0 Å². The fraction of sp³-hybridized carbons (Fsp3) is 0.176. The molecular formula is C17H18N4O2. The zero-order valence-electron chi connectivity index (χ0n) is 13.1. The van der Waals surface area contributed by atoms with Crippen molar-refractivity contribution in [3.8, 4) is 11.5 Å². The number of amides is 1. The summed E-state index contributed by atoms with van der Waals surface area (Å²) in [7, 11) is 1.35. The Balaban J connectivity index is 2.09. The number of hydrogen-bond donors (Lipinski definition) is 1. The number of nitrogens with one attached hydrogen (secondary N) is 1. The van der Waals surface area contributed by atoms with E-state index in [4.69, 9.17) is 0 Å². The number of ether oxygens (including phenoxy) is 1. The second kappa shape index (κ2) is 6.39. The molecule has 0 aliphatic rings. The van der Waals surface area contributed by atoms with Gasteiger partial charge in [0.25, 0.3) is 0 Å². The third-order valence-corrected chi connectivity index (χ3v) is 3.60. The third kappa shape index (κ3) is 2.96. The molecule has 1 aromatic carbocycles. The zero-order valence-corrected chi connectivity index (χ0v) is 13.1. The largest absolute Gasteiger partial charge is 0.453 e. The molecule has 0 radical (unpaired) electrons. The molecule has 23 heavy (non-hydrogen) atoms. The highest BCUT2D eigenvalue weighted by Crippen LogP contribution is 2.22. The second-order valence-electron chi connectivity index (χ2n) is 5.07. The summed E-state index contributed by atoms with van der Waals surface area (Å²) in [5.74, 6) is 0.898. The summed E-state index contributed by atoms with van der Waals surface area (Å²) in [6, 6.07) is 13.8. The van der Waals surface area contributed by atoms with E-state index in [0.717, 1.165) is 22.8 Å². The number of aryl methyl sites for hydroxylation is 1. The summed E-state index contributed by atoms with van der Waals surface area (Å²) in [6.07, 6.45) is 3.45. The van der Waals surface area contributed by atoms with Gasteiger partial charge in [-0.05, 0) is 31.2 Å². The Labute approximate surface area is 134 Å². The Hall–Kier alpha value is -3.02. The van der Waals surface area contributed by atoms with Crippen molar-refractivity contribution in [1.82, 2.24) is 19.7 Å². The van der Waals surface area contributed by atoms with Crippen molar-refractivity contribution in [2.24, 2.45) is 0 Å². The third-order valence-electron chi connectivity index (χ3n) is 3.60. The molecule has 0 saturated heterocycles. The van der Waals surface area contributed by atoms with Crippen molar-refractivity contribution in [3.05, 3.63) is 66.1 Å². The first-order valence-corrected chi connectivity index (χ1v) is 7.30. The van der Waals surface area contributed by atoms with E-state index < -0.39 is 6.09 Å². The molecule has 1 N–H and O–H groups in total. The van der Waals surface area contributed by atoms with Crippen LogP contribution in [-0.4, -0.2) is 27.6 Å². The molecule has 3 rings (SSSR count). The maximum atomic E-state index is 11.4. The van der Waals surface area contributed by atoms with Gasteiger partial charge in [-0.1, -0.05) is 18.2 Å². The molecular weight excluding hydrogens is 292 g/mol. The topological polar surface area (TPSA) is 61.1 Å². The van der Waals surface area contributed by atoms with Crippen LogP contribution >= 0.6 is 0 Å². The predicted molar refractivity (Wildman–Crippen MR) is 86.9 cm³/mol. The smallest absolute Gasteiger partial charge is 0.407 e. The number of benzene rings is 1. The van der Waals surface area contributed by atoms with E-state index in [1.54, 1.807) is 0 Å². The van der Waals surface area contributed by atoms with Gasteiger partial charge < -0.3 is 14.6 Å². The van der Waals surface area contributed by atoms with Crippen molar-refractivity contribution < 1.29 is 9.53 Å². The van der Waals surface area contributed by atoms with Crippen LogP contribution in [0.4, 0.5) is 4.79 Å². The Morgan fingerprint density at radius 1 is 1.17 bits per heavy atom. The lowest BCUT2D eigenvalue weighted by Gasteiger charge is -2.11. The van der Waals surface area contributed by atoms with Gasteiger partial charge in [0.1, 0.15) is 5.82 Å². The molecule has 3 aromatic rings. The fourth-order valence-corrected chi connectivity index (χ4v) is 2.48. The lowest BCUT2D eigenvalue weighted by Crippen LogP contribution is -2.23. The SMILES string of the molecule is COC(=O)NCc1c(C)nn(-c2ccccc2)c1-n1cccc1. The number of carbonyl (C=O) groups excluding carboxylic acids is 1. The lowest BCUT2D eigenvalue weighted by atomic mass is 10.2. The molecule has 0 saturated carbocycles. The van der Waals surface area contributed by atoms with Gasteiger partial charge >= 0.3 is 6.09 Å². The quantitative estimate of drug-likeness (QED) is 0.806. The first-order chi connectivity index (χ1) is 11.2. The number of nitrogens with zero attached hydrogens (tertiary/aromatic N) is 3. The van der Waals surface area contributed by atoms with Gasteiger partial charge in [0, 0.05) is 18.0 Å². The summed E-state index contributed by atoms with van der Waals surface area (Å²) in [5.41, 5.74) is 2.76. The summed E-state index contributed by atoms with van der Waals surface area (Å²) in [5, 5.41) is 7.37. The maximum Gasteiger partial charge on any atom is 0.407 e. The zero-order chi connectivity index (χ0) is 16.2. The van der Waals surface area contributed by atoms with Gasteiger partial charge in [-0.3, -0.25) is 0 Å². The van der Waals surface area contributed by atoms with Crippen molar-refractivity contribution in [2.75, 3.05) is 7.11 Å². The number of aromatic nitrogens is 3. The van der Waals surface area contributed by atoms with Crippen molar-refractivity contribution >= 4 is 6.09 Å². The normalized spacial score (nSPS) is 10.5. The molecule has 2 heterocycles. The first kappa shape index (κ1) is 14.9. The molecule has 118 valence electrons. The molecule has 0 aliphatic carbocycles. The van der Waals surface area contributed by atoms with Crippen molar-refractivity contribution in [1.29, 1.82) is 0 Å². The Kier molecular flexibility index (Phi) is 4.14. The van der Waals surface area contributed by atoms with Crippen LogP contribution in [0.5, 0.6) is 0 Å². The summed E-state index contributed by atoms with van der Waals surface area (Å²) < 4.78 is 8.52. The van der Waals surface area contributed by atoms with Gasteiger partial charge in [0.2, 0.25) is 0 Å². The fourth-order valence-electron chi connectivity index (χ4n) is 2.48. The van der Waals surface area contributed by atoms with Crippen LogP contribution in [0.25, 0.3) is 11.5 Å². The molecule has 0 atom stereocenters. The van der Waals surface area contributed by atoms with Crippen molar-refractivity contribution in [2.45, 2.75) is 13.5 Å². The average molecular weight is 310 g/mol. The summed E-state index contributed by atoms with van der Waals surface area (Å²) in [6.45, 7) is 2.28. The first-order valence-electron chi connectivity index (χ1n) is 7.30. The Morgan fingerprint density at radius 2 is 1.87 bits per heavy atom. The minimum atomic E-state index is -0.463. The van der Waals surface area contributed by atoms with Gasteiger partial charge in [-0.15, -0.1) is 0 Å². The minimum absolute atomic E-state index is 0.346. The van der Waals surface area contributed by atoms with Gasteiger partial charge in [-0.2, -0.15) is 5.10 Å². The number of hydrogen-bond acceptors (Lipinski definition) is 3. The minimum Gasteiger partial charge on any atom is -0.453 e. The standard InChI is InChI=1S/C17H18N4O2/c1-13-15(12-18-17(22)23-2)16(20-10-6-7-11-20)21(19-13)14-8-4-3-5-9-14/h3-11H,12H2,1-2H3,(H,18,22). The van der Waals surface area contributed by atoms with Crippen LogP contribution in [-0.2, 0) is 11.3 Å². The summed E-state index contributed by atoms with van der Waals surface area (Å²) >= 11 is 0. The van der Waals surface area contributed by atoms with Crippen molar-refractivity contribution in [3.63, 3.8) is 0 Å². The van der Waals surface area contributed by atoms with E-state index in [1.807, 2.05) is 71.0 Å². The monoisotopic (exact) mass is 310 g/mol. The van der Waals surface area contributed by atoms with Crippen LogP contribution in [0.1, 0.15) is 11.3 Å². The van der Waals surface area contributed by atoms with E-state index in [0.29, 0.717) is 6.54 Å². The number of carbonyl (C=O) groups is 1. The van der Waals surface area contributed by atoms with Gasteiger partial charge in [0.15, 0.2) is 0 Å². The molecule has 6 heteroatoms. The van der Waals surface area contributed by atoms with E-state index in [9.17, 15) is 4.79 Å². The lowest BCUT2D eigenvalue weighted by molar-refractivity contribution is 0.170. The van der Waals surface area contributed by atoms with Crippen LogP contribution in [0.15, 0.2) is 54.9 Å². The van der Waals surface area contributed by atoms with Gasteiger partial charge in [0.05, 0.1) is 25.0 Å². The average Bonchev–Trinajstić information content (AvgIpc) is 3.21. The molecule has 2 aromatic heterocycles. The Morgan fingerprint density at radius 3 is 2.52 bits per heavy atom. The molecule has 0 fully saturated rings. The number of rotatable bonds is 4. The highest BCUT2D eigenvalue weighted by atomic mass is 16.5. The van der Waals surface area contributed by atoms with Gasteiger partial charge in [-0.25, -0.2) is 9.48 Å². The highest BCUT2D eigenvalue weighted by Gasteiger charge is 2.18. The number of para-hydroxylation sites is 1. The molecule has 0 unspecified atom stereocenters. The highest BCUT2D eigenvalue weighted by molar-refractivity contribution is 5.67. The van der Waals surface area contributed by atoms with Crippen LogP contribution < -0.4 is 5.32 Å². The van der Waals surface area contributed by atoms with Crippen LogP contribution in [0, 0.1) is 6.92 Å². The van der Waals surface area contributed by atoms with E-state index in [1.165, 1.54) is 7.11 Å². The second-order valence-corrected chi connectivity index (χ2v) is 5.07. The molecule has 0 bridgehead atoms. The Bertz CT molecular complexity index is 792. The molecule has 6 nitrogen and oxygen atoms in total. The molecule has 1 amide bonds. The van der Waals surface area contributed by atoms with Crippen LogP contribution in [0.2, 0.25) is 0 Å². The molecule has 0 spiro atoms.